The third kappa shape index (κ3) is 3.87. The van der Waals surface area contributed by atoms with Crippen LogP contribution in [0.4, 0.5) is 15.8 Å². The van der Waals surface area contributed by atoms with Gasteiger partial charge in [0.25, 0.3) is 5.91 Å². The summed E-state index contributed by atoms with van der Waals surface area (Å²) in [4.78, 5) is 23.2. The highest BCUT2D eigenvalue weighted by Gasteiger charge is 2.60. The number of methoxy groups -OCH3 is 1. The zero-order valence-corrected chi connectivity index (χ0v) is 20.7. The van der Waals surface area contributed by atoms with Crippen molar-refractivity contribution < 1.29 is 13.9 Å². The van der Waals surface area contributed by atoms with E-state index < -0.39 is 5.82 Å². The lowest BCUT2D eigenvalue weighted by atomic mass is 10.0. The number of hydrogen-bond donors (Lipinski definition) is 3. The standard InChI is InChI=1S/C29H28FN5O2/c1-3-14-35-15-10-19-16-29(19,35)11-7-18-17-31-12-8-20(18)25-26(24-22(33-25)9-13-32-28(24)36)34-23-6-4-5-21(30)27(23)37-2/h3-6,8,12,17,19,33-34H,1,9-10,13-16H2,2H3,(H,32,36). The summed E-state index contributed by atoms with van der Waals surface area (Å²) in [5.41, 5.74) is 4.52. The van der Waals surface area contributed by atoms with E-state index in [0.29, 0.717) is 41.5 Å². The van der Waals surface area contributed by atoms with Gasteiger partial charge in [-0.2, -0.15) is 0 Å². The van der Waals surface area contributed by atoms with Crippen molar-refractivity contribution in [2.75, 3.05) is 32.1 Å². The molecule has 2 atom stereocenters. The molecule has 2 fully saturated rings. The molecule has 8 heteroatoms. The quantitative estimate of drug-likeness (QED) is 0.350. The number of carbonyl (C=O) groups is 1. The molecule has 0 spiro atoms. The van der Waals surface area contributed by atoms with E-state index in [9.17, 15) is 9.18 Å². The monoisotopic (exact) mass is 497 g/mol. The first-order valence-electron chi connectivity index (χ1n) is 12.5. The average molecular weight is 498 g/mol. The lowest BCUT2D eigenvalue weighted by Gasteiger charge is -2.22. The molecule has 2 unspecified atom stereocenters. The Hall–Kier alpha value is -4.09. The van der Waals surface area contributed by atoms with E-state index in [-0.39, 0.29) is 17.2 Å². The summed E-state index contributed by atoms with van der Waals surface area (Å²) >= 11 is 0. The number of nitrogens with one attached hydrogen (secondary N) is 3. The topological polar surface area (TPSA) is 82.3 Å². The van der Waals surface area contributed by atoms with Crippen LogP contribution in [0, 0.1) is 23.6 Å². The third-order valence-corrected chi connectivity index (χ3v) is 7.63. The summed E-state index contributed by atoms with van der Waals surface area (Å²) in [7, 11) is 1.42. The van der Waals surface area contributed by atoms with Crippen LogP contribution in [0.15, 0.2) is 49.3 Å². The molecule has 3 N–H and O–H groups in total. The number of rotatable bonds is 6. The van der Waals surface area contributed by atoms with Crippen molar-refractivity contribution in [3.8, 4) is 28.8 Å². The van der Waals surface area contributed by atoms with Crippen LogP contribution in [0.5, 0.6) is 5.75 Å². The molecule has 1 saturated heterocycles. The number of anilines is 2. The summed E-state index contributed by atoms with van der Waals surface area (Å²) in [5.74, 6) is 6.98. The zero-order valence-electron chi connectivity index (χ0n) is 20.7. The van der Waals surface area contributed by atoms with Gasteiger partial charge < -0.3 is 20.4 Å². The van der Waals surface area contributed by atoms with Crippen molar-refractivity contribution in [3.05, 3.63) is 72.0 Å². The fourth-order valence-electron chi connectivity index (χ4n) is 5.74. The van der Waals surface area contributed by atoms with Crippen molar-refractivity contribution in [1.82, 2.24) is 20.2 Å². The Bertz CT molecular complexity index is 1470. The summed E-state index contributed by atoms with van der Waals surface area (Å²) in [6, 6.07) is 6.56. The van der Waals surface area contributed by atoms with Crippen molar-refractivity contribution in [2.45, 2.75) is 24.8 Å². The zero-order chi connectivity index (χ0) is 25.6. The summed E-state index contributed by atoms with van der Waals surface area (Å²) in [5, 5.41) is 6.20. The van der Waals surface area contributed by atoms with Gasteiger partial charge in [-0.1, -0.05) is 24.0 Å². The van der Waals surface area contributed by atoms with E-state index in [1.54, 1.807) is 24.5 Å². The smallest absolute Gasteiger partial charge is 0.255 e. The van der Waals surface area contributed by atoms with Crippen LogP contribution in [0.2, 0.25) is 0 Å². The summed E-state index contributed by atoms with van der Waals surface area (Å²) in [6.07, 6.45) is 8.30. The minimum absolute atomic E-state index is 0.0804. The number of benzene rings is 1. The molecule has 2 aliphatic heterocycles. The minimum atomic E-state index is -0.489. The number of halogens is 1. The molecular weight excluding hydrogens is 469 g/mol. The number of hydrogen-bond acceptors (Lipinski definition) is 5. The second-order valence-electron chi connectivity index (χ2n) is 9.70. The van der Waals surface area contributed by atoms with Crippen molar-refractivity contribution in [2.24, 2.45) is 5.92 Å². The number of aromatic amines is 1. The number of aromatic nitrogens is 2. The second kappa shape index (κ2) is 9.09. The average Bonchev–Trinajstić information content (AvgIpc) is 3.34. The van der Waals surface area contributed by atoms with Gasteiger partial charge in [-0.25, -0.2) is 4.39 Å². The largest absolute Gasteiger partial charge is 0.492 e. The number of pyridine rings is 1. The highest BCUT2D eigenvalue weighted by atomic mass is 19.1. The van der Waals surface area contributed by atoms with Gasteiger partial charge in [0.1, 0.15) is 0 Å². The molecule has 1 saturated carbocycles. The summed E-state index contributed by atoms with van der Waals surface area (Å²) < 4.78 is 19.8. The number of nitrogens with zero attached hydrogens (tertiary/aromatic N) is 2. The van der Waals surface area contributed by atoms with Gasteiger partial charge in [0, 0.05) is 49.7 Å². The van der Waals surface area contributed by atoms with E-state index in [0.717, 1.165) is 42.8 Å². The van der Waals surface area contributed by atoms with Crippen LogP contribution < -0.4 is 15.4 Å². The van der Waals surface area contributed by atoms with Crippen molar-refractivity contribution in [3.63, 3.8) is 0 Å². The molecule has 188 valence electrons. The Morgan fingerprint density at radius 1 is 1.41 bits per heavy atom. The SMILES string of the molecule is C=CCN1CCC2CC21C#Cc1cnccc1-c1[nH]c2c(c1Nc1cccc(F)c1OC)C(=O)NCC2. The first-order valence-corrected chi connectivity index (χ1v) is 12.5. The number of H-pyrrole nitrogens is 1. The molecule has 0 bridgehead atoms. The van der Waals surface area contributed by atoms with Gasteiger partial charge >= 0.3 is 0 Å². The number of ether oxygens (including phenoxy) is 1. The van der Waals surface area contributed by atoms with Crippen LogP contribution in [0.1, 0.15) is 34.5 Å². The fraction of sp³-hybridized carbons (Fsp3) is 0.310. The molecule has 6 rings (SSSR count). The maximum atomic E-state index is 14.5. The fourth-order valence-corrected chi connectivity index (χ4v) is 5.74. The highest BCUT2D eigenvalue weighted by molar-refractivity contribution is 6.06. The van der Waals surface area contributed by atoms with Crippen LogP contribution in [-0.2, 0) is 6.42 Å². The molecule has 1 aliphatic carbocycles. The minimum Gasteiger partial charge on any atom is -0.492 e. The maximum absolute atomic E-state index is 14.5. The Morgan fingerprint density at radius 3 is 3.11 bits per heavy atom. The van der Waals surface area contributed by atoms with Crippen LogP contribution >= 0.6 is 0 Å². The van der Waals surface area contributed by atoms with Gasteiger partial charge in [-0.05, 0) is 37.0 Å². The molecular formula is C29H28FN5O2. The highest BCUT2D eigenvalue weighted by Crippen LogP contribution is 2.55. The van der Waals surface area contributed by atoms with Crippen LogP contribution in [-0.4, -0.2) is 53.1 Å². The number of likely N-dealkylation sites (tertiary alicyclic amines) is 1. The van der Waals surface area contributed by atoms with Gasteiger partial charge in [-0.15, -0.1) is 6.58 Å². The number of fused-ring (bicyclic) bond motifs is 2. The number of amides is 1. The van der Waals surface area contributed by atoms with E-state index in [1.165, 1.54) is 13.2 Å². The maximum Gasteiger partial charge on any atom is 0.255 e. The summed E-state index contributed by atoms with van der Waals surface area (Å²) in [6.45, 7) is 6.31. The van der Waals surface area contributed by atoms with Crippen LogP contribution in [0.25, 0.3) is 11.3 Å². The van der Waals surface area contributed by atoms with Crippen molar-refractivity contribution >= 4 is 17.3 Å². The lowest BCUT2D eigenvalue weighted by molar-refractivity contribution is 0.0947. The first kappa shape index (κ1) is 23.3. The van der Waals surface area contributed by atoms with E-state index in [2.05, 4.69) is 43.9 Å². The molecule has 1 amide bonds. The van der Waals surface area contributed by atoms with Gasteiger partial charge in [0.05, 0.1) is 40.8 Å². The van der Waals surface area contributed by atoms with Gasteiger partial charge in [0.2, 0.25) is 0 Å². The Balaban J connectivity index is 1.46. The molecule has 1 aromatic carbocycles. The van der Waals surface area contributed by atoms with Crippen LogP contribution in [0.3, 0.4) is 0 Å². The normalized spacial score (nSPS) is 21.8. The Kier molecular flexibility index (Phi) is 5.73. The molecule has 0 radical (unpaired) electrons. The number of piperidine rings is 1. The third-order valence-electron chi connectivity index (χ3n) is 7.63. The van der Waals surface area contributed by atoms with E-state index in [4.69, 9.17) is 4.74 Å². The lowest BCUT2D eigenvalue weighted by Crippen LogP contribution is -2.33. The Labute approximate surface area is 215 Å². The molecule has 3 aromatic rings. The predicted molar refractivity (Wildman–Crippen MR) is 140 cm³/mol. The molecule has 7 nitrogen and oxygen atoms in total. The van der Waals surface area contributed by atoms with E-state index in [1.807, 2.05) is 12.1 Å². The Morgan fingerprint density at radius 2 is 2.30 bits per heavy atom. The van der Waals surface area contributed by atoms with E-state index >= 15 is 0 Å². The first-order chi connectivity index (χ1) is 18.1. The number of para-hydroxylation sites is 1. The van der Waals surface area contributed by atoms with Gasteiger partial charge in [0.15, 0.2) is 11.6 Å². The molecule has 2 aromatic heterocycles. The van der Waals surface area contributed by atoms with Crippen molar-refractivity contribution in [1.29, 1.82) is 0 Å². The molecule has 4 heterocycles. The molecule has 3 aliphatic rings. The predicted octanol–water partition coefficient (Wildman–Crippen LogP) is 4.26. The second-order valence-corrected chi connectivity index (χ2v) is 9.70. The van der Waals surface area contributed by atoms with Gasteiger partial charge in [-0.3, -0.25) is 14.7 Å². The number of carbonyl (C=O) groups excluding carboxylic acids is 1. The molecule has 37 heavy (non-hydrogen) atoms.